The highest BCUT2D eigenvalue weighted by Crippen LogP contribution is 2.32. The van der Waals surface area contributed by atoms with E-state index in [1.165, 1.54) is 4.68 Å². The Bertz CT molecular complexity index is 647. The van der Waals surface area contributed by atoms with E-state index in [4.69, 9.17) is 0 Å². The highest BCUT2D eigenvalue weighted by molar-refractivity contribution is 5.92. The minimum atomic E-state index is -1.14. The van der Waals surface area contributed by atoms with Gasteiger partial charge in [-0.25, -0.2) is 9.48 Å². The van der Waals surface area contributed by atoms with E-state index < -0.39 is 11.6 Å². The lowest BCUT2D eigenvalue weighted by molar-refractivity contribution is 0.0264. The SMILES string of the molecule is O=C(O)c1nnn(CC2(O)CCCC2)c1-c1cccnc1. The van der Waals surface area contributed by atoms with Gasteiger partial charge in [0.05, 0.1) is 12.1 Å². The van der Waals surface area contributed by atoms with Crippen molar-refractivity contribution in [1.29, 1.82) is 0 Å². The van der Waals surface area contributed by atoms with Crippen molar-refractivity contribution in [2.45, 2.75) is 37.8 Å². The van der Waals surface area contributed by atoms with Crippen LogP contribution in [0.25, 0.3) is 11.3 Å². The number of aromatic nitrogens is 4. The Morgan fingerprint density at radius 2 is 2.14 bits per heavy atom. The van der Waals surface area contributed by atoms with Gasteiger partial charge in [-0.1, -0.05) is 18.1 Å². The summed E-state index contributed by atoms with van der Waals surface area (Å²) in [4.78, 5) is 15.3. The van der Waals surface area contributed by atoms with Gasteiger partial charge in [0.2, 0.25) is 0 Å². The third-order valence-corrected chi connectivity index (χ3v) is 3.85. The molecule has 0 amide bonds. The minimum absolute atomic E-state index is 0.121. The number of carbonyl (C=O) groups is 1. The molecule has 2 aromatic heterocycles. The van der Waals surface area contributed by atoms with Gasteiger partial charge in [-0.15, -0.1) is 5.10 Å². The van der Waals surface area contributed by atoms with Crippen LogP contribution in [0.1, 0.15) is 36.2 Å². The maximum absolute atomic E-state index is 11.3. The number of aliphatic hydroxyl groups is 1. The summed E-state index contributed by atoms with van der Waals surface area (Å²) >= 11 is 0. The first-order valence-corrected chi connectivity index (χ1v) is 6.89. The Hall–Kier alpha value is -2.28. The van der Waals surface area contributed by atoms with Gasteiger partial charge in [0.1, 0.15) is 5.69 Å². The summed E-state index contributed by atoms with van der Waals surface area (Å²) < 4.78 is 1.48. The second kappa shape index (κ2) is 5.25. The zero-order valence-corrected chi connectivity index (χ0v) is 11.4. The lowest BCUT2D eigenvalue weighted by Gasteiger charge is -2.22. The predicted octanol–water partition coefficient (Wildman–Crippen LogP) is 1.34. The molecule has 1 saturated carbocycles. The quantitative estimate of drug-likeness (QED) is 0.880. The standard InChI is InChI=1S/C14H16N4O3/c19-13(20)11-12(10-4-3-7-15-8-10)18(17-16-11)9-14(21)5-1-2-6-14/h3-4,7-8,21H,1-2,5-6,9H2,(H,19,20). The van der Waals surface area contributed by atoms with Gasteiger partial charge in [-0.3, -0.25) is 4.98 Å². The molecule has 1 aliphatic rings. The van der Waals surface area contributed by atoms with Crippen LogP contribution in [0.5, 0.6) is 0 Å². The molecule has 0 unspecified atom stereocenters. The van der Waals surface area contributed by atoms with Crippen molar-refractivity contribution in [3.8, 4) is 11.3 Å². The molecule has 0 aliphatic heterocycles. The van der Waals surface area contributed by atoms with Gasteiger partial charge in [0.25, 0.3) is 0 Å². The summed E-state index contributed by atoms with van der Waals surface area (Å²) in [6.07, 6.45) is 6.52. The van der Waals surface area contributed by atoms with Crippen molar-refractivity contribution in [3.05, 3.63) is 30.2 Å². The van der Waals surface area contributed by atoms with Crippen molar-refractivity contribution in [2.75, 3.05) is 0 Å². The third-order valence-electron chi connectivity index (χ3n) is 3.85. The summed E-state index contributed by atoms with van der Waals surface area (Å²) in [6.45, 7) is 0.248. The highest BCUT2D eigenvalue weighted by Gasteiger charge is 2.34. The molecular weight excluding hydrogens is 272 g/mol. The minimum Gasteiger partial charge on any atom is -0.476 e. The molecule has 1 fully saturated rings. The zero-order chi connectivity index (χ0) is 14.9. The molecule has 0 spiro atoms. The van der Waals surface area contributed by atoms with Gasteiger partial charge >= 0.3 is 5.97 Å². The van der Waals surface area contributed by atoms with E-state index in [1.807, 2.05) is 0 Å². The summed E-state index contributed by atoms with van der Waals surface area (Å²) in [7, 11) is 0. The number of hydrogen-bond donors (Lipinski definition) is 2. The molecule has 0 atom stereocenters. The lowest BCUT2D eigenvalue weighted by Crippen LogP contribution is -2.31. The smallest absolute Gasteiger partial charge is 0.358 e. The second-order valence-electron chi connectivity index (χ2n) is 5.42. The summed E-state index contributed by atoms with van der Waals surface area (Å²) in [5.74, 6) is -1.14. The van der Waals surface area contributed by atoms with Crippen LogP contribution in [0.4, 0.5) is 0 Å². The number of pyridine rings is 1. The average molecular weight is 288 g/mol. The Labute approximate surface area is 121 Å². The van der Waals surface area contributed by atoms with E-state index in [0.717, 1.165) is 12.8 Å². The monoisotopic (exact) mass is 288 g/mol. The molecule has 110 valence electrons. The van der Waals surface area contributed by atoms with E-state index in [1.54, 1.807) is 24.5 Å². The Morgan fingerprint density at radius 1 is 1.38 bits per heavy atom. The first kappa shape index (κ1) is 13.7. The molecule has 7 nitrogen and oxygen atoms in total. The molecule has 2 aromatic rings. The molecule has 0 aromatic carbocycles. The molecule has 2 heterocycles. The van der Waals surface area contributed by atoms with Gasteiger partial charge in [0, 0.05) is 18.0 Å². The van der Waals surface area contributed by atoms with Crippen LogP contribution in [0.2, 0.25) is 0 Å². The number of hydrogen-bond acceptors (Lipinski definition) is 5. The van der Waals surface area contributed by atoms with Crippen molar-refractivity contribution >= 4 is 5.97 Å². The van der Waals surface area contributed by atoms with E-state index in [0.29, 0.717) is 24.1 Å². The van der Waals surface area contributed by atoms with Crippen LogP contribution in [0, 0.1) is 0 Å². The molecule has 0 saturated heterocycles. The lowest BCUT2D eigenvalue weighted by atomic mass is 10.0. The molecule has 0 radical (unpaired) electrons. The molecule has 1 aliphatic carbocycles. The Kier molecular flexibility index (Phi) is 3.42. The van der Waals surface area contributed by atoms with Crippen molar-refractivity contribution < 1.29 is 15.0 Å². The van der Waals surface area contributed by atoms with E-state index in [9.17, 15) is 15.0 Å². The molecular formula is C14H16N4O3. The first-order chi connectivity index (χ1) is 10.1. The van der Waals surface area contributed by atoms with Gasteiger partial charge < -0.3 is 10.2 Å². The summed E-state index contributed by atoms with van der Waals surface area (Å²) in [5.41, 5.74) is 0.0579. The number of nitrogens with zero attached hydrogens (tertiary/aromatic N) is 4. The van der Waals surface area contributed by atoms with Gasteiger partial charge in [0.15, 0.2) is 5.69 Å². The third kappa shape index (κ3) is 2.64. The molecule has 0 bridgehead atoms. The Morgan fingerprint density at radius 3 is 2.76 bits per heavy atom. The van der Waals surface area contributed by atoms with Gasteiger partial charge in [-0.05, 0) is 25.0 Å². The fraction of sp³-hybridized carbons (Fsp3) is 0.429. The van der Waals surface area contributed by atoms with Crippen LogP contribution in [0.15, 0.2) is 24.5 Å². The zero-order valence-electron chi connectivity index (χ0n) is 11.4. The van der Waals surface area contributed by atoms with E-state index >= 15 is 0 Å². The van der Waals surface area contributed by atoms with E-state index in [2.05, 4.69) is 15.3 Å². The predicted molar refractivity (Wildman–Crippen MR) is 73.6 cm³/mol. The average Bonchev–Trinajstić information content (AvgIpc) is 3.07. The van der Waals surface area contributed by atoms with Gasteiger partial charge in [-0.2, -0.15) is 0 Å². The van der Waals surface area contributed by atoms with Crippen LogP contribution in [0.3, 0.4) is 0 Å². The number of aromatic carboxylic acids is 1. The normalized spacial score (nSPS) is 17.0. The van der Waals surface area contributed by atoms with Crippen molar-refractivity contribution in [2.24, 2.45) is 0 Å². The molecule has 3 rings (SSSR count). The fourth-order valence-electron chi connectivity index (χ4n) is 2.83. The number of carboxylic acid groups (broad SMARTS) is 1. The first-order valence-electron chi connectivity index (χ1n) is 6.89. The molecule has 2 N–H and O–H groups in total. The number of rotatable bonds is 4. The van der Waals surface area contributed by atoms with Crippen LogP contribution < -0.4 is 0 Å². The van der Waals surface area contributed by atoms with Crippen LogP contribution in [-0.4, -0.2) is 41.8 Å². The maximum atomic E-state index is 11.3. The van der Waals surface area contributed by atoms with E-state index in [-0.39, 0.29) is 12.2 Å². The maximum Gasteiger partial charge on any atom is 0.358 e. The molecule has 21 heavy (non-hydrogen) atoms. The summed E-state index contributed by atoms with van der Waals surface area (Å²) in [6, 6.07) is 3.48. The van der Waals surface area contributed by atoms with Crippen LogP contribution >= 0.6 is 0 Å². The molecule has 7 heteroatoms. The Balaban J connectivity index is 2.03. The van der Waals surface area contributed by atoms with Crippen molar-refractivity contribution in [1.82, 2.24) is 20.0 Å². The highest BCUT2D eigenvalue weighted by atomic mass is 16.4. The van der Waals surface area contributed by atoms with Crippen molar-refractivity contribution in [3.63, 3.8) is 0 Å². The number of carboxylic acids is 1. The topological polar surface area (TPSA) is 101 Å². The summed E-state index contributed by atoms with van der Waals surface area (Å²) in [5, 5.41) is 27.4. The van der Waals surface area contributed by atoms with Crippen LogP contribution in [-0.2, 0) is 6.54 Å². The largest absolute Gasteiger partial charge is 0.476 e. The fourth-order valence-corrected chi connectivity index (χ4v) is 2.83. The second-order valence-corrected chi connectivity index (χ2v) is 5.42.